The molecule has 1 unspecified atom stereocenters. The molecule has 0 saturated carbocycles. The van der Waals surface area contributed by atoms with Crippen molar-refractivity contribution in [2.24, 2.45) is 5.92 Å². The van der Waals surface area contributed by atoms with Gasteiger partial charge in [-0.05, 0) is 122 Å². The molecular weight excluding hydrogens is 943 g/mol. The molecule has 11 nitrogen and oxygen atoms in total. The average Bonchev–Trinajstić information content (AvgIpc) is 3.30. The average molecular weight is 993 g/mol. The predicted octanol–water partition coefficient (Wildman–Crippen LogP) is 9.01. The van der Waals surface area contributed by atoms with Gasteiger partial charge < -0.3 is 25.3 Å². The molecule has 6 rings (SSSR count). The number of sulfonamides is 1. The molecule has 0 radical (unpaired) electrons. The molecule has 1 aliphatic rings. The van der Waals surface area contributed by atoms with Crippen LogP contribution >= 0.6 is 11.8 Å². The number of hydrogen-bond acceptors (Lipinski definition) is 11. The maximum absolute atomic E-state index is 14.2. The standard InChI is InChI=1S/C47H50F6N4O7S3/c1-31(65-37-8-4-3-5-9-37)41(24-25-56(2)28-29-58)54-42-21-20-38(30-43(42)66(61,62)47(51,52)53)67(63,64)55-45(60)34-14-18-36(19-15-34)57-26-22-33(23-27-57)44(59)40-11-7-6-10-39(40)32-12-16-35(17-13-32)46(48,49)50/h3-21,30-31,33,41,44,54,58-59H,22-29H2,1-2H3,(H,55,60)/t31?,41-,44-/m1/s1. The molecule has 0 aliphatic carbocycles. The summed E-state index contributed by atoms with van der Waals surface area (Å²) in [6, 6.07) is 28.3. The van der Waals surface area contributed by atoms with Crippen molar-refractivity contribution in [1.29, 1.82) is 0 Å². The van der Waals surface area contributed by atoms with Crippen LogP contribution in [0.4, 0.5) is 37.7 Å². The molecule has 1 aliphatic heterocycles. The molecular formula is C47H50F6N4O7S3. The monoisotopic (exact) mass is 992 g/mol. The Kier molecular flexibility index (Phi) is 16.4. The maximum Gasteiger partial charge on any atom is 0.501 e. The van der Waals surface area contributed by atoms with E-state index in [1.807, 2.05) is 46.9 Å². The number of aliphatic hydroxyl groups is 2. The molecule has 1 heterocycles. The van der Waals surface area contributed by atoms with Crippen LogP contribution in [-0.4, -0.2) is 94.5 Å². The Hall–Kier alpha value is -5.12. The van der Waals surface area contributed by atoms with Gasteiger partial charge in [-0.1, -0.05) is 61.5 Å². The molecule has 3 atom stereocenters. The fourth-order valence-electron chi connectivity index (χ4n) is 7.85. The first-order chi connectivity index (χ1) is 31.6. The number of likely N-dealkylation sites (N-methyl/N-ethyl adjacent to an activating group) is 1. The number of carbonyl (C=O) groups excluding carboxylic acids is 1. The van der Waals surface area contributed by atoms with E-state index in [0.29, 0.717) is 73.9 Å². The lowest BCUT2D eigenvalue weighted by Gasteiger charge is -2.36. The minimum absolute atomic E-state index is 0.113. The van der Waals surface area contributed by atoms with Gasteiger partial charge in [-0.25, -0.2) is 21.6 Å². The molecule has 0 bridgehead atoms. The van der Waals surface area contributed by atoms with Crippen LogP contribution < -0.4 is 14.9 Å². The number of carbonyl (C=O) groups is 1. The zero-order valence-corrected chi connectivity index (χ0v) is 38.8. The third kappa shape index (κ3) is 12.7. The first kappa shape index (κ1) is 51.3. The van der Waals surface area contributed by atoms with Crippen LogP contribution in [0.15, 0.2) is 136 Å². The molecule has 4 N–H and O–H groups in total. The van der Waals surface area contributed by atoms with Crippen LogP contribution in [0.2, 0.25) is 0 Å². The minimum Gasteiger partial charge on any atom is -0.395 e. The van der Waals surface area contributed by atoms with E-state index >= 15 is 0 Å². The van der Waals surface area contributed by atoms with Crippen molar-refractivity contribution in [2.45, 2.75) is 70.0 Å². The van der Waals surface area contributed by atoms with Crippen molar-refractivity contribution in [2.75, 3.05) is 50.1 Å². The number of amides is 1. The summed E-state index contributed by atoms with van der Waals surface area (Å²) in [5.74, 6) is -1.31. The van der Waals surface area contributed by atoms with E-state index in [0.717, 1.165) is 29.2 Å². The Balaban J connectivity index is 1.14. The smallest absolute Gasteiger partial charge is 0.395 e. The van der Waals surface area contributed by atoms with E-state index in [-0.39, 0.29) is 23.3 Å². The van der Waals surface area contributed by atoms with Gasteiger partial charge in [0.15, 0.2) is 0 Å². The van der Waals surface area contributed by atoms with Crippen LogP contribution in [0.5, 0.6) is 0 Å². The molecule has 0 aromatic heterocycles. The van der Waals surface area contributed by atoms with Crippen LogP contribution in [0, 0.1) is 5.92 Å². The van der Waals surface area contributed by atoms with E-state index < -0.39 is 70.6 Å². The molecule has 1 amide bonds. The lowest BCUT2D eigenvalue weighted by Crippen LogP contribution is -2.36. The fraction of sp³-hybridized carbons (Fsp3) is 0.340. The number of sulfone groups is 1. The zero-order valence-electron chi connectivity index (χ0n) is 36.3. The SMILES string of the molecule is CC(Sc1ccccc1)[C@@H](CCN(C)CCO)Nc1ccc(S(=O)(=O)NC(=O)c2ccc(N3CCC([C@@H](O)c4ccccc4-c4ccc(C(F)(F)F)cc4)CC3)cc2)cc1S(=O)(=O)C(F)(F)F. The first-order valence-corrected chi connectivity index (χ1v) is 25.0. The van der Waals surface area contributed by atoms with Gasteiger partial charge in [-0.15, -0.1) is 11.8 Å². The summed E-state index contributed by atoms with van der Waals surface area (Å²) in [5, 5.41) is 23.4. The van der Waals surface area contributed by atoms with Crippen LogP contribution in [-0.2, 0) is 26.0 Å². The van der Waals surface area contributed by atoms with Crippen LogP contribution in [0.3, 0.4) is 0 Å². The molecule has 67 heavy (non-hydrogen) atoms. The number of alkyl halides is 6. The second-order valence-electron chi connectivity index (χ2n) is 16.2. The highest BCUT2D eigenvalue weighted by atomic mass is 32.2. The Morgan fingerprint density at radius 1 is 0.836 bits per heavy atom. The summed E-state index contributed by atoms with van der Waals surface area (Å²) in [7, 11) is -9.33. The Bertz CT molecular complexity index is 2690. The summed E-state index contributed by atoms with van der Waals surface area (Å²) >= 11 is 1.40. The molecule has 5 aromatic rings. The largest absolute Gasteiger partial charge is 0.501 e. The predicted molar refractivity (Wildman–Crippen MR) is 246 cm³/mol. The molecule has 5 aromatic carbocycles. The quantitative estimate of drug-likeness (QED) is 0.0491. The summed E-state index contributed by atoms with van der Waals surface area (Å²) in [6.45, 7) is 3.34. The normalized spacial score (nSPS) is 15.5. The molecule has 1 saturated heterocycles. The summed E-state index contributed by atoms with van der Waals surface area (Å²) in [5.41, 5.74) is -4.78. The minimum atomic E-state index is -6.14. The maximum atomic E-state index is 14.2. The van der Waals surface area contributed by atoms with Gasteiger partial charge in [0.25, 0.3) is 25.8 Å². The Morgan fingerprint density at radius 2 is 1.46 bits per heavy atom. The van der Waals surface area contributed by atoms with Crippen LogP contribution in [0.25, 0.3) is 11.1 Å². The number of rotatable bonds is 18. The van der Waals surface area contributed by atoms with E-state index in [1.165, 1.54) is 36.0 Å². The number of aliphatic hydroxyl groups excluding tert-OH is 2. The topological polar surface area (TPSA) is 156 Å². The first-order valence-electron chi connectivity index (χ1n) is 21.2. The van der Waals surface area contributed by atoms with Crippen LogP contribution in [0.1, 0.15) is 53.8 Å². The fourth-order valence-corrected chi connectivity index (χ4v) is 11.0. The molecule has 360 valence electrons. The zero-order chi connectivity index (χ0) is 48.7. The Labute approximate surface area is 390 Å². The lowest BCUT2D eigenvalue weighted by atomic mass is 9.84. The third-order valence-electron chi connectivity index (χ3n) is 11.6. The highest BCUT2D eigenvalue weighted by Crippen LogP contribution is 2.40. The Morgan fingerprint density at radius 3 is 2.07 bits per heavy atom. The van der Waals surface area contributed by atoms with E-state index in [4.69, 9.17) is 0 Å². The molecule has 20 heteroatoms. The van der Waals surface area contributed by atoms with Crippen molar-refractivity contribution < 1.29 is 58.2 Å². The number of thioether (sulfide) groups is 1. The number of hydrogen-bond donors (Lipinski definition) is 4. The summed E-state index contributed by atoms with van der Waals surface area (Å²) in [6.07, 6.45) is -4.02. The van der Waals surface area contributed by atoms with Gasteiger partial charge in [0, 0.05) is 47.1 Å². The van der Waals surface area contributed by atoms with Gasteiger partial charge >= 0.3 is 11.7 Å². The molecule has 0 spiro atoms. The summed E-state index contributed by atoms with van der Waals surface area (Å²) in [4.78, 5) is 15.7. The van der Waals surface area contributed by atoms with Gasteiger partial charge in [0.05, 0.1) is 28.9 Å². The number of anilines is 2. The second kappa shape index (κ2) is 21.5. The number of nitrogens with one attached hydrogen (secondary N) is 2. The number of benzene rings is 5. The highest BCUT2D eigenvalue weighted by molar-refractivity contribution is 8.00. The van der Waals surface area contributed by atoms with E-state index in [2.05, 4.69) is 5.32 Å². The number of halogens is 6. The molecule has 1 fully saturated rings. The summed E-state index contributed by atoms with van der Waals surface area (Å²) < 4.78 is 137. The van der Waals surface area contributed by atoms with Crippen molar-refractivity contribution in [3.05, 3.63) is 138 Å². The van der Waals surface area contributed by atoms with Crippen molar-refractivity contribution in [3.8, 4) is 11.1 Å². The number of nitrogens with zero attached hydrogens (tertiary/aromatic N) is 2. The van der Waals surface area contributed by atoms with Gasteiger partial charge in [0.1, 0.15) is 4.90 Å². The van der Waals surface area contributed by atoms with Gasteiger partial charge in [-0.2, -0.15) is 26.3 Å². The van der Waals surface area contributed by atoms with Gasteiger partial charge in [0.2, 0.25) is 0 Å². The van der Waals surface area contributed by atoms with Crippen molar-refractivity contribution >= 4 is 48.9 Å². The highest BCUT2D eigenvalue weighted by Gasteiger charge is 2.48. The van der Waals surface area contributed by atoms with E-state index in [1.54, 1.807) is 48.3 Å². The van der Waals surface area contributed by atoms with Crippen molar-refractivity contribution in [3.63, 3.8) is 0 Å². The van der Waals surface area contributed by atoms with Gasteiger partial charge in [-0.3, -0.25) is 4.79 Å². The second-order valence-corrected chi connectivity index (χ2v) is 21.3. The van der Waals surface area contributed by atoms with Crippen molar-refractivity contribution in [1.82, 2.24) is 9.62 Å². The third-order valence-corrected chi connectivity index (χ3v) is 15.7. The number of piperidine rings is 1. The lowest BCUT2D eigenvalue weighted by molar-refractivity contribution is -0.137. The van der Waals surface area contributed by atoms with E-state index in [9.17, 15) is 58.2 Å².